The van der Waals surface area contributed by atoms with E-state index >= 15 is 0 Å². The van der Waals surface area contributed by atoms with Gasteiger partial charge in [-0.3, -0.25) is 0 Å². The second-order valence-electron chi connectivity index (χ2n) is 6.27. The Labute approximate surface area is 125 Å². The molecule has 0 saturated heterocycles. The minimum Gasteiger partial charge on any atom is -0.355 e. The van der Waals surface area contributed by atoms with Crippen molar-refractivity contribution in [1.29, 1.82) is 0 Å². The van der Waals surface area contributed by atoms with Crippen molar-refractivity contribution in [2.24, 2.45) is 11.8 Å². The van der Waals surface area contributed by atoms with Crippen LogP contribution in [0.15, 0.2) is 12.1 Å². The fourth-order valence-corrected chi connectivity index (χ4v) is 2.61. The number of halogens is 3. The van der Waals surface area contributed by atoms with Crippen LogP contribution >= 0.6 is 0 Å². The summed E-state index contributed by atoms with van der Waals surface area (Å²) in [6.07, 6.45) is 0.240. The summed E-state index contributed by atoms with van der Waals surface area (Å²) in [6.45, 7) is 1.75. The van der Waals surface area contributed by atoms with Crippen molar-refractivity contribution < 1.29 is 13.2 Å². The van der Waals surface area contributed by atoms with Crippen LogP contribution in [0.5, 0.6) is 0 Å². The molecular formula is C14H16F3N5. The van der Waals surface area contributed by atoms with Crippen molar-refractivity contribution in [2.45, 2.75) is 31.9 Å². The van der Waals surface area contributed by atoms with Crippen LogP contribution in [0.4, 0.5) is 19.0 Å². The second-order valence-corrected chi connectivity index (χ2v) is 6.27. The van der Waals surface area contributed by atoms with E-state index in [1.807, 2.05) is 0 Å². The van der Waals surface area contributed by atoms with Crippen LogP contribution in [0.1, 0.15) is 31.5 Å². The molecule has 118 valence electrons. The Balaban J connectivity index is 1.69. The molecule has 2 aromatic rings. The maximum atomic E-state index is 12.9. The van der Waals surface area contributed by atoms with E-state index in [1.54, 1.807) is 12.1 Å². The van der Waals surface area contributed by atoms with Crippen LogP contribution in [0.25, 0.3) is 5.65 Å². The van der Waals surface area contributed by atoms with Crippen LogP contribution in [-0.4, -0.2) is 32.9 Å². The highest BCUT2D eigenvalue weighted by Crippen LogP contribution is 2.35. The third-order valence-corrected chi connectivity index (χ3v) is 4.18. The van der Waals surface area contributed by atoms with Gasteiger partial charge in [0.05, 0.1) is 0 Å². The zero-order chi connectivity index (χ0) is 15.3. The fourth-order valence-electron chi connectivity index (χ4n) is 2.61. The van der Waals surface area contributed by atoms with Gasteiger partial charge in [0.2, 0.25) is 0 Å². The van der Waals surface area contributed by atoms with Crippen molar-refractivity contribution >= 4 is 11.5 Å². The molecule has 0 amide bonds. The smallest absolute Gasteiger partial charge is 0.355 e. The third-order valence-electron chi connectivity index (χ3n) is 4.18. The van der Waals surface area contributed by atoms with Gasteiger partial charge in [-0.1, -0.05) is 0 Å². The molecule has 0 radical (unpaired) electrons. The maximum absolute atomic E-state index is 12.9. The predicted octanol–water partition coefficient (Wildman–Crippen LogP) is 2.77. The largest absolute Gasteiger partial charge is 0.453 e. The lowest BCUT2D eigenvalue weighted by molar-refractivity contribution is -0.146. The Bertz CT molecular complexity index is 673. The van der Waals surface area contributed by atoms with Crippen molar-refractivity contribution in [3.63, 3.8) is 0 Å². The zero-order valence-corrected chi connectivity index (χ0v) is 11.9. The van der Waals surface area contributed by atoms with Crippen LogP contribution in [0.2, 0.25) is 0 Å². The summed E-state index contributed by atoms with van der Waals surface area (Å²) < 4.78 is 39.6. The summed E-state index contributed by atoms with van der Waals surface area (Å²) in [6, 6.07) is 3.30. The summed E-state index contributed by atoms with van der Waals surface area (Å²) >= 11 is 0. The minimum absolute atomic E-state index is 0.119. The van der Waals surface area contributed by atoms with Gasteiger partial charge in [-0.2, -0.15) is 17.7 Å². The van der Waals surface area contributed by atoms with Crippen molar-refractivity contribution in [2.75, 3.05) is 18.0 Å². The molecule has 0 aromatic carbocycles. The summed E-state index contributed by atoms with van der Waals surface area (Å²) in [5.41, 5.74) is 0.119. The van der Waals surface area contributed by atoms with E-state index in [1.165, 1.54) is 25.7 Å². The van der Waals surface area contributed by atoms with E-state index in [-0.39, 0.29) is 5.65 Å². The molecule has 8 heteroatoms. The zero-order valence-electron chi connectivity index (χ0n) is 11.9. The van der Waals surface area contributed by atoms with Gasteiger partial charge in [-0.25, -0.2) is 0 Å². The summed E-state index contributed by atoms with van der Waals surface area (Å²) in [7, 11) is 0. The number of nitrogens with zero attached hydrogens (tertiary/aromatic N) is 5. The normalized spacial score (nSPS) is 18.9. The van der Waals surface area contributed by atoms with Crippen LogP contribution in [0, 0.1) is 11.8 Å². The second kappa shape index (κ2) is 4.82. The Morgan fingerprint density at radius 3 is 2.23 bits per heavy atom. The van der Waals surface area contributed by atoms with E-state index in [9.17, 15) is 13.2 Å². The summed E-state index contributed by atoms with van der Waals surface area (Å²) in [5.74, 6) is 0.817. The molecule has 22 heavy (non-hydrogen) atoms. The highest BCUT2D eigenvalue weighted by atomic mass is 19.4. The van der Waals surface area contributed by atoms with Crippen molar-refractivity contribution in [3.05, 3.63) is 18.0 Å². The number of rotatable bonds is 5. The van der Waals surface area contributed by atoms with Gasteiger partial charge in [0.15, 0.2) is 5.65 Å². The number of hydrogen-bond donors (Lipinski definition) is 0. The molecule has 0 N–H and O–H groups in total. The van der Waals surface area contributed by atoms with Gasteiger partial charge in [0, 0.05) is 13.1 Å². The molecule has 2 saturated carbocycles. The minimum atomic E-state index is -4.55. The lowest BCUT2D eigenvalue weighted by Gasteiger charge is -2.23. The molecular weight excluding hydrogens is 295 g/mol. The molecule has 2 aromatic heterocycles. The van der Waals surface area contributed by atoms with Gasteiger partial charge in [0.1, 0.15) is 5.82 Å². The first-order valence-electron chi connectivity index (χ1n) is 7.55. The lowest BCUT2D eigenvalue weighted by atomic mass is 10.3. The van der Waals surface area contributed by atoms with Crippen LogP contribution in [0.3, 0.4) is 0 Å². The highest BCUT2D eigenvalue weighted by Gasteiger charge is 2.38. The topological polar surface area (TPSA) is 46.3 Å². The fraction of sp³-hybridized carbons (Fsp3) is 0.643. The monoisotopic (exact) mass is 311 g/mol. The van der Waals surface area contributed by atoms with Crippen LogP contribution in [-0.2, 0) is 6.18 Å². The van der Waals surface area contributed by atoms with E-state index in [0.717, 1.165) is 17.6 Å². The Hall–Kier alpha value is -1.86. The standard InChI is InChI=1S/C14H16F3N5/c15-14(16,17)13-19-18-11-5-6-12(20-22(11)13)21(7-9-1-2-9)8-10-3-4-10/h5-6,9-10H,1-4,7-8H2. The molecule has 2 aliphatic carbocycles. The van der Waals surface area contributed by atoms with E-state index in [2.05, 4.69) is 20.2 Å². The molecule has 2 fully saturated rings. The molecule has 2 aliphatic rings. The number of hydrogen-bond acceptors (Lipinski definition) is 4. The molecule has 0 bridgehead atoms. The molecule has 0 aliphatic heterocycles. The van der Waals surface area contributed by atoms with E-state index in [4.69, 9.17) is 0 Å². The molecule has 4 rings (SSSR count). The Morgan fingerprint density at radius 1 is 1.05 bits per heavy atom. The first-order chi connectivity index (χ1) is 10.5. The van der Waals surface area contributed by atoms with Gasteiger partial charge in [-0.05, 0) is 49.7 Å². The Kier molecular flexibility index (Phi) is 3.02. The SMILES string of the molecule is FC(F)(F)c1nnc2ccc(N(CC3CC3)CC3CC3)nn12. The number of alkyl halides is 3. The predicted molar refractivity (Wildman–Crippen MR) is 73.4 cm³/mol. The number of fused-ring (bicyclic) bond motifs is 1. The molecule has 2 heterocycles. The summed E-state index contributed by atoms with van der Waals surface area (Å²) in [5, 5.41) is 10.9. The van der Waals surface area contributed by atoms with E-state index < -0.39 is 12.0 Å². The first-order valence-corrected chi connectivity index (χ1v) is 7.55. The maximum Gasteiger partial charge on any atom is 0.453 e. The molecule has 0 atom stereocenters. The number of aromatic nitrogens is 4. The van der Waals surface area contributed by atoms with Crippen LogP contribution < -0.4 is 4.90 Å². The molecule has 0 unspecified atom stereocenters. The molecule has 5 nitrogen and oxygen atoms in total. The molecule has 0 spiro atoms. The van der Waals surface area contributed by atoms with Crippen molar-refractivity contribution in [1.82, 2.24) is 19.8 Å². The van der Waals surface area contributed by atoms with E-state index in [0.29, 0.717) is 17.7 Å². The van der Waals surface area contributed by atoms with Gasteiger partial charge in [0.25, 0.3) is 5.82 Å². The summed E-state index contributed by atoms with van der Waals surface area (Å²) in [4.78, 5) is 2.12. The van der Waals surface area contributed by atoms with Gasteiger partial charge in [-0.15, -0.1) is 15.3 Å². The average molecular weight is 311 g/mol. The quantitative estimate of drug-likeness (QED) is 0.852. The van der Waals surface area contributed by atoms with Crippen molar-refractivity contribution in [3.8, 4) is 0 Å². The Morgan fingerprint density at radius 2 is 1.68 bits per heavy atom. The van der Waals surface area contributed by atoms with Gasteiger partial charge < -0.3 is 4.90 Å². The number of anilines is 1. The first kappa shape index (κ1) is 13.8. The third kappa shape index (κ3) is 2.74. The lowest BCUT2D eigenvalue weighted by Crippen LogP contribution is -2.29. The highest BCUT2D eigenvalue weighted by molar-refractivity contribution is 5.46. The average Bonchev–Trinajstić information content (AvgIpc) is 3.37. The van der Waals surface area contributed by atoms with Gasteiger partial charge >= 0.3 is 6.18 Å².